The first-order valence-electron chi connectivity index (χ1n) is 6.68. The van der Waals surface area contributed by atoms with E-state index in [-0.39, 0.29) is 0 Å². The first kappa shape index (κ1) is 14.8. The molecule has 0 aliphatic heterocycles. The number of ether oxygens (including phenoxy) is 1. The number of nitrogens with one attached hydrogen (secondary N) is 2. The molecule has 0 bridgehead atoms. The van der Waals surface area contributed by atoms with E-state index in [9.17, 15) is 4.79 Å². The maximum absolute atomic E-state index is 11.7. The van der Waals surface area contributed by atoms with Crippen LogP contribution < -0.4 is 11.1 Å². The standard InChI is InChI=1S/C14H19N5O2/c1-9-6-10(7-11(13(9)15)14(20)21-2)16-5-3-4-12-17-8-18-19-12/h6-8,16H,3-5,15H2,1-2H3,(H,17,18,19). The highest BCUT2D eigenvalue weighted by atomic mass is 16.5. The number of rotatable bonds is 6. The van der Waals surface area contributed by atoms with Gasteiger partial charge in [-0.3, -0.25) is 5.10 Å². The van der Waals surface area contributed by atoms with Crippen molar-refractivity contribution < 1.29 is 9.53 Å². The van der Waals surface area contributed by atoms with Gasteiger partial charge in [-0.15, -0.1) is 0 Å². The fourth-order valence-electron chi connectivity index (χ4n) is 2.02. The zero-order chi connectivity index (χ0) is 15.2. The number of esters is 1. The molecular weight excluding hydrogens is 270 g/mol. The molecule has 0 aliphatic rings. The van der Waals surface area contributed by atoms with Crippen molar-refractivity contribution in [2.45, 2.75) is 19.8 Å². The average Bonchev–Trinajstić information content (AvgIpc) is 2.99. The summed E-state index contributed by atoms with van der Waals surface area (Å²) < 4.78 is 4.74. The predicted molar refractivity (Wildman–Crippen MR) is 80.1 cm³/mol. The molecule has 0 aliphatic carbocycles. The Morgan fingerprint density at radius 3 is 2.95 bits per heavy atom. The van der Waals surface area contributed by atoms with Crippen LogP contribution in [-0.4, -0.2) is 34.8 Å². The molecule has 112 valence electrons. The first-order chi connectivity index (χ1) is 10.1. The Morgan fingerprint density at radius 2 is 2.29 bits per heavy atom. The van der Waals surface area contributed by atoms with Crippen LogP contribution in [0.4, 0.5) is 11.4 Å². The summed E-state index contributed by atoms with van der Waals surface area (Å²) in [5.41, 5.74) is 8.43. The third kappa shape index (κ3) is 3.71. The number of methoxy groups -OCH3 is 1. The molecule has 2 rings (SSSR count). The number of H-pyrrole nitrogens is 1. The van der Waals surface area contributed by atoms with Crippen LogP contribution >= 0.6 is 0 Å². The minimum absolute atomic E-state index is 0.384. The van der Waals surface area contributed by atoms with Gasteiger partial charge in [0, 0.05) is 24.3 Å². The molecule has 2 aromatic rings. The van der Waals surface area contributed by atoms with Gasteiger partial charge in [0.25, 0.3) is 0 Å². The minimum atomic E-state index is -0.430. The lowest BCUT2D eigenvalue weighted by Gasteiger charge is -2.12. The molecule has 0 spiro atoms. The molecule has 0 amide bonds. The Labute approximate surface area is 122 Å². The minimum Gasteiger partial charge on any atom is -0.465 e. The number of anilines is 2. The van der Waals surface area contributed by atoms with Crippen molar-refractivity contribution in [3.05, 3.63) is 35.4 Å². The maximum atomic E-state index is 11.7. The molecule has 4 N–H and O–H groups in total. The number of nitrogens with two attached hydrogens (primary N) is 1. The van der Waals surface area contributed by atoms with Crippen molar-refractivity contribution in [1.29, 1.82) is 0 Å². The summed E-state index contributed by atoms with van der Waals surface area (Å²) in [5.74, 6) is 0.432. The van der Waals surface area contributed by atoms with Crippen LogP contribution in [0.1, 0.15) is 28.2 Å². The highest BCUT2D eigenvalue weighted by molar-refractivity contribution is 5.97. The number of hydrogen-bond donors (Lipinski definition) is 3. The number of nitrogen functional groups attached to an aromatic ring is 1. The second-order valence-electron chi connectivity index (χ2n) is 4.71. The van der Waals surface area contributed by atoms with Crippen LogP contribution in [0.3, 0.4) is 0 Å². The molecular formula is C14H19N5O2. The Kier molecular flexibility index (Phi) is 4.76. The Morgan fingerprint density at radius 1 is 1.48 bits per heavy atom. The van der Waals surface area contributed by atoms with E-state index < -0.39 is 5.97 Å². The molecule has 0 atom stereocenters. The topological polar surface area (TPSA) is 106 Å². The lowest BCUT2D eigenvalue weighted by molar-refractivity contribution is 0.0602. The summed E-state index contributed by atoms with van der Waals surface area (Å²) in [6.45, 7) is 2.62. The quantitative estimate of drug-likeness (QED) is 0.423. The van der Waals surface area contributed by atoms with Crippen molar-refractivity contribution in [3.8, 4) is 0 Å². The SMILES string of the molecule is COC(=O)c1cc(NCCCc2ncn[nH]2)cc(C)c1N. The summed E-state index contributed by atoms with van der Waals surface area (Å²) in [6, 6.07) is 3.62. The van der Waals surface area contributed by atoms with E-state index in [1.165, 1.54) is 13.4 Å². The Hall–Kier alpha value is -2.57. The third-order valence-electron chi connectivity index (χ3n) is 3.18. The second kappa shape index (κ2) is 6.74. The van der Waals surface area contributed by atoms with E-state index >= 15 is 0 Å². The largest absolute Gasteiger partial charge is 0.465 e. The lowest BCUT2D eigenvalue weighted by Crippen LogP contribution is -2.10. The summed E-state index contributed by atoms with van der Waals surface area (Å²) >= 11 is 0. The monoisotopic (exact) mass is 289 g/mol. The predicted octanol–water partition coefficient (Wildman–Crippen LogP) is 1.53. The van der Waals surface area contributed by atoms with Crippen LogP contribution in [0.15, 0.2) is 18.5 Å². The number of carbonyl (C=O) groups is 1. The van der Waals surface area contributed by atoms with Crippen molar-refractivity contribution in [2.24, 2.45) is 0 Å². The normalized spacial score (nSPS) is 10.4. The van der Waals surface area contributed by atoms with Gasteiger partial charge in [-0.05, 0) is 31.0 Å². The van der Waals surface area contributed by atoms with Crippen molar-refractivity contribution >= 4 is 17.3 Å². The van der Waals surface area contributed by atoms with Gasteiger partial charge < -0.3 is 15.8 Å². The van der Waals surface area contributed by atoms with Gasteiger partial charge >= 0.3 is 5.97 Å². The summed E-state index contributed by atoms with van der Waals surface area (Å²) in [7, 11) is 1.34. The Balaban J connectivity index is 1.96. The smallest absolute Gasteiger partial charge is 0.340 e. The van der Waals surface area contributed by atoms with Gasteiger partial charge in [0.15, 0.2) is 0 Å². The van der Waals surface area contributed by atoms with Crippen molar-refractivity contribution in [3.63, 3.8) is 0 Å². The van der Waals surface area contributed by atoms with Crippen LogP contribution in [0.25, 0.3) is 0 Å². The average molecular weight is 289 g/mol. The second-order valence-corrected chi connectivity index (χ2v) is 4.71. The van der Waals surface area contributed by atoms with E-state index in [2.05, 4.69) is 20.5 Å². The number of hydrogen-bond acceptors (Lipinski definition) is 6. The van der Waals surface area contributed by atoms with Crippen LogP contribution in [0.5, 0.6) is 0 Å². The molecule has 0 unspecified atom stereocenters. The number of benzene rings is 1. The summed E-state index contributed by atoms with van der Waals surface area (Å²) in [4.78, 5) is 15.7. The van der Waals surface area contributed by atoms with Gasteiger partial charge in [-0.25, -0.2) is 9.78 Å². The third-order valence-corrected chi connectivity index (χ3v) is 3.18. The van der Waals surface area contributed by atoms with Gasteiger partial charge in [-0.1, -0.05) is 0 Å². The molecule has 7 nitrogen and oxygen atoms in total. The van der Waals surface area contributed by atoms with E-state index in [1.807, 2.05) is 13.0 Å². The zero-order valence-electron chi connectivity index (χ0n) is 12.1. The number of carbonyl (C=O) groups excluding carboxylic acids is 1. The highest BCUT2D eigenvalue weighted by Crippen LogP contribution is 2.23. The van der Waals surface area contributed by atoms with Crippen molar-refractivity contribution in [2.75, 3.05) is 24.7 Å². The van der Waals surface area contributed by atoms with Crippen molar-refractivity contribution in [1.82, 2.24) is 15.2 Å². The van der Waals surface area contributed by atoms with E-state index in [4.69, 9.17) is 10.5 Å². The molecule has 0 saturated heterocycles. The van der Waals surface area contributed by atoms with Gasteiger partial charge in [-0.2, -0.15) is 5.10 Å². The Bertz CT molecular complexity index is 610. The van der Waals surface area contributed by atoms with Gasteiger partial charge in [0.1, 0.15) is 12.2 Å². The summed E-state index contributed by atoms with van der Waals surface area (Å²) in [5, 5.41) is 9.89. The first-order valence-corrected chi connectivity index (χ1v) is 6.68. The fraction of sp³-hybridized carbons (Fsp3) is 0.357. The molecule has 1 aromatic heterocycles. The van der Waals surface area contributed by atoms with E-state index in [1.54, 1.807) is 6.07 Å². The summed E-state index contributed by atoms with van der Waals surface area (Å²) in [6.07, 6.45) is 3.20. The maximum Gasteiger partial charge on any atom is 0.340 e. The molecule has 0 radical (unpaired) electrons. The molecule has 1 heterocycles. The van der Waals surface area contributed by atoms with Gasteiger partial charge in [0.2, 0.25) is 0 Å². The number of nitrogens with zero attached hydrogens (tertiary/aromatic N) is 2. The molecule has 0 fully saturated rings. The van der Waals surface area contributed by atoms with E-state index in [0.29, 0.717) is 11.3 Å². The molecule has 21 heavy (non-hydrogen) atoms. The molecule has 1 aromatic carbocycles. The van der Waals surface area contributed by atoms with E-state index in [0.717, 1.165) is 36.5 Å². The molecule has 0 saturated carbocycles. The highest BCUT2D eigenvalue weighted by Gasteiger charge is 2.13. The van der Waals surface area contributed by atoms with Gasteiger partial charge in [0.05, 0.1) is 12.7 Å². The zero-order valence-corrected chi connectivity index (χ0v) is 12.1. The number of aromatic amines is 1. The lowest BCUT2D eigenvalue weighted by atomic mass is 10.1. The molecule has 7 heteroatoms. The number of aryl methyl sites for hydroxylation is 2. The van der Waals surface area contributed by atoms with Crippen LogP contribution in [0.2, 0.25) is 0 Å². The number of aromatic nitrogens is 3. The van der Waals surface area contributed by atoms with Crippen LogP contribution in [-0.2, 0) is 11.2 Å². The fourth-order valence-corrected chi connectivity index (χ4v) is 2.02. The van der Waals surface area contributed by atoms with Crippen LogP contribution in [0, 0.1) is 6.92 Å².